The number of carbonyl (C=O) groups excluding carboxylic acids is 3. The van der Waals surface area contributed by atoms with Crippen molar-refractivity contribution < 1.29 is 23.9 Å². The smallest absolute Gasteiger partial charge is 0.427 e. The molecule has 0 saturated carbocycles. The standard InChI is InChI=1S/C13H18ClN3O5/c1-5-21-10(19)6-8(18)11-15-9(14)7-17(11)16-12(20)22-13(2,3)4/h7H,5-6H2,1-4H3,(H,16,20). The zero-order valence-electron chi connectivity index (χ0n) is 12.8. The predicted molar refractivity (Wildman–Crippen MR) is 78.4 cm³/mol. The van der Waals surface area contributed by atoms with Gasteiger partial charge in [0.1, 0.15) is 17.2 Å². The molecule has 22 heavy (non-hydrogen) atoms. The first kappa shape index (κ1) is 18.0. The molecule has 0 spiro atoms. The number of amides is 1. The molecule has 0 radical (unpaired) electrons. The van der Waals surface area contributed by atoms with Gasteiger partial charge in [0, 0.05) is 0 Å². The van der Waals surface area contributed by atoms with Crippen LogP contribution in [0.1, 0.15) is 44.7 Å². The van der Waals surface area contributed by atoms with Crippen LogP contribution in [-0.4, -0.2) is 39.7 Å². The third kappa shape index (κ3) is 5.72. The zero-order chi connectivity index (χ0) is 16.9. The van der Waals surface area contributed by atoms with Gasteiger partial charge < -0.3 is 9.47 Å². The van der Waals surface area contributed by atoms with Crippen LogP contribution >= 0.6 is 11.6 Å². The molecule has 0 aromatic carbocycles. The Morgan fingerprint density at radius 3 is 2.55 bits per heavy atom. The molecule has 8 nitrogen and oxygen atoms in total. The lowest BCUT2D eigenvalue weighted by Crippen LogP contribution is -2.33. The summed E-state index contributed by atoms with van der Waals surface area (Å²) in [7, 11) is 0. The average Bonchev–Trinajstić information content (AvgIpc) is 2.67. The van der Waals surface area contributed by atoms with Gasteiger partial charge in [0.2, 0.25) is 5.78 Å². The molecular formula is C13H18ClN3O5. The normalized spacial score (nSPS) is 11.0. The number of halogens is 1. The van der Waals surface area contributed by atoms with Crippen molar-refractivity contribution >= 4 is 29.4 Å². The average molecular weight is 332 g/mol. The molecule has 1 N–H and O–H groups in total. The van der Waals surface area contributed by atoms with Crippen LogP contribution in [0.5, 0.6) is 0 Å². The summed E-state index contributed by atoms with van der Waals surface area (Å²) in [4.78, 5) is 38.8. The quantitative estimate of drug-likeness (QED) is 0.504. The van der Waals surface area contributed by atoms with Crippen molar-refractivity contribution in [2.75, 3.05) is 12.0 Å². The first-order chi connectivity index (χ1) is 10.1. The molecule has 1 heterocycles. The van der Waals surface area contributed by atoms with Crippen LogP contribution in [0, 0.1) is 0 Å². The van der Waals surface area contributed by atoms with E-state index in [1.807, 2.05) is 0 Å². The number of hydrogen-bond donors (Lipinski definition) is 1. The molecule has 0 fully saturated rings. The molecule has 1 aromatic heterocycles. The lowest BCUT2D eigenvalue weighted by molar-refractivity contribution is -0.141. The van der Waals surface area contributed by atoms with Gasteiger partial charge in [0.15, 0.2) is 5.82 Å². The van der Waals surface area contributed by atoms with E-state index < -0.39 is 29.9 Å². The predicted octanol–water partition coefficient (Wildman–Crippen LogP) is 2.15. The van der Waals surface area contributed by atoms with Crippen molar-refractivity contribution in [3.8, 4) is 0 Å². The van der Waals surface area contributed by atoms with Crippen molar-refractivity contribution in [1.29, 1.82) is 0 Å². The second-order valence-electron chi connectivity index (χ2n) is 5.28. The minimum Gasteiger partial charge on any atom is -0.466 e. The minimum absolute atomic E-state index is 0.0109. The topological polar surface area (TPSA) is 99.5 Å². The van der Waals surface area contributed by atoms with E-state index in [4.69, 9.17) is 16.3 Å². The molecule has 0 aliphatic heterocycles. The number of nitrogens with zero attached hydrogens (tertiary/aromatic N) is 2. The number of hydrogen-bond acceptors (Lipinski definition) is 6. The Morgan fingerprint density at radius 2 is 2.00 bits per heavy atom. The maximum absolute atomic E-state index is 12.0. The molecule has 0 atom stereocenters. The Balaban J connectivity index is 2.83. The Labute approximate surface area is 132 Å². The van der Waals surface area contributed by atoms with Crippen molar-refractivity contribution in [2.45, 2.75) is 39.7 Å². The highest BCUT2D eigenvalue weighted by Crippen LogP contribution is 2.12. The summed E-state index contributed by atoms with van der Waals surface area (Å²) in [5.74, 6) is -1.51. The molecule has 0 aliphatic carbocycles. The third-order valence-corrected chi connectivity index (χ3v) is 2.33. The van der Waals surface area contributed by atoms with Gasteiger partial charge in [0.05, 0.1) is 12.8 Å². The molecule has 1 aromatic rings. The number of nitrogens with one attached hydrogen (secondary N) is 1. The molecule has 1 rings (SSSR count). The van der Waals surface area contributed by atoms with Crippen molar-refractivity contribution in [1.82, 2.24) is 9.66 Å². The number of ether oxygens (including phenoxy) is 2. The van der Waals surface area contributed by atoms with Gasteiger partial charge >= 0.3 is 12.1 Å². The molecule has 0 bridgehead atoms. The van der Waals surface area contributed by atoms with Gasteiger partial charge in [-0.05, 0) is 27.7 Å². The number of ketones is 1. The number of carbonyl (C=O) groups is 3. The van der Waals surface area contributed by atoms with E-state index in [1.165, 1.54) is 6.20 Å². The number of Topliss-reactive ketones (excluding diaryl/α,β-unsaturated/α-hetero) is 1. The largest absolute Gasteiger partial charge is 0.466 e. The van der Waals surface area contributed by atoms with Crippen LogP contribution < -0.4 is 5.43 Å². The van der Waals surface area contributed by atoms with Gasteiger partial charge in [-0.3, -0.25) is 9.59 Å². The van der Waals surface area contributed by atoms with Crippen LogP contribution in [0.4, 0.5) is 4.79 Å². The summed E-state index contributed by atoms with van der Waals surface area (Å²) in [6, 6.07) is 0. The molecule has 0 aliphatic rings. The van der Waals surface area contributed by atoms with Crippen molar-refractivity contribution in [3.05, 3.63) is 17.2 Å². The molecular weight excluding hydrogens is 314 g/mol. The van der Waals surface area contributed by atoms with Crippen LogP contribution in [0.25, 0.3) is 0 Å². The summed E-state index contributed by atoms with van der Waals surface area (Å²) in [5.41, 5.74) is 1.60. The maximum Gasteiger partial charge on any atom is 0.427 e. The van der Waals surface area contributed by atoms with Gasteiger partial charge in [-0.25, -0.2) is 19.9 Å². The summed E-state index contributed by atoms with van der Waals surface area (Å²) in [5, 5.41) is -0.0109. The Morgan fingerprint density at radius 1 is 1.36 bits per heavy atom. The highest BCUT2D eigenvalue weighted by molar-refractivity contribution is 6.29. The monoisotopic (exact) mass is 331 g/mol. The second kappa shape index (κ2) is 7.26. The lowest BCUT2D eigenvalue weighted by Gasteiger charge is -2.20. The number of esters is 1. The lowest BCUT2D eigenvalue weighted by atomic mass is 10.2. The van der Waals surface area contributed by atoms with E-state index in [0.717, 1.165) is 4.68 Å². The fourth-order valence-corrected chi connectivity index (χ4v) is 1.63. The summed E-state index contributed by atoms with van der Waals surface area (Å²) >= 11 is 5.73. The number of aromatic nitrogens is 2. The highest BCUT2D eigenvalue weighted by atomic mass is 35.5. The van der Waals surface area contributed by atoms with Gasteiger partial charge in [-0.2, -0.15) is 0 Å². The van der Waals surface area contributed by atoms with Crippen molar-refractivity contribution in [2.24, 2.45) is 0 Å². The SMILES string of the molecule is CCOC(=O)CC(=O)c1nc(Cl)cn1NC(=O)OC(C)(C)C. The first-order valence-corrected chi connectivity index (χ1v) is 6.94. The maximum atomic E-state index is 12.0. The molecule has 9 heteroatoms. The molecule has 0 unspecified atom stereocenters. The van der Waals surface area contributed by atoms with Crippen molar-refractivity contribution in [3.63, 3.8) is 0 Å². The molecule has 0 saturated heterocycles. The van der Waals surface area contributed by atoms with Crippen LogP contribution in [-0.2, 0) is 14.3 Å². The van der Waals surface area contributed by atoms with Gasteiger partial charge in [0.25, 0.3) is 0 Å². The second-order valence-corrected chi connectivity index (χ2v) is 5.66. The van der Waals surface area contributed by atoms with E-state index in [-0.39, 0.29) is 17.6 Å². The zero-order valence-corrected chi connectivity index (χ0v) is 13.6. The highest BCUT2D eigenvalue weighted by Gasteiger charge is 2.22. The fourth-order valence-electron chi connectivity index (χ4n) is 1.45. The molecule has 1 amide bonds. The number of rotatable bonds is 5. The van der Waals surface area contributed by atoms with E-state index in [1.54, 1.807) is 27.7 Å². The Kier molecular flexibility index (Phi) is 5.92. The minimum atomic E-state index is -0.785. The first-order valence-electron chi connectivity index (χ1n) is 6.56. The Bertz CT molecular complexity index is 577. The van der Waals surface area contributed by atoms with E-state index in [2.05, 4.69) is 15.1 Å². The summed E-state index contributed by atoms with van der Waals surface area (Å²) in [6.45, 7) is 6.88. The third-order valence-electron chi connectivity index (χ3n) is 2.15. The van der Waals surface area contributed by atoms with Crippen LogP contribution in [0.15, 0.2) is 6.20 Å². The summed E-state index contributed by atoms with van der Waals surface area (Å²) in [6.07, 6.45) is -0.0622. The summed E-state index contributed by atoms with van der Waals surface area (Å²) < 4.78 is 10.8. The van der Waals surface area contributed by atoms with E-state index in [0.29, 0.717) is 0 Å². The molecule has 122 valence electrons. The number of imidazole rings is 1. The van der Waals surface area contributed by atoms with E-state index >= 15 is 0 Å². The van der Waals surface area contributed by atoms with Crippen LogP contribution in [0.2, 0.25) is 5.15 Å². The van der Waals surface area contributed by atoms with Gasteiger partial charge in [-0.15, -0.1) is 0 Å². The van der Waals surface area contributed by atoms with Crippen LogP contribution in [0.3, 0.4) is 0 Å². The Hall–Kier alpha value is -2.09. The fraction of sp³-hybridized carbons (Fsp3) is 0.538. The van der Waals surface area contributed by atoms with Gasteiger partial charge in [-0.1, -0.05) is 11.6 Å². The van der Waals surface area contributed by atoms with E-state index in [9.17, 15) is 14.4 Å².